The Kier molecular flexibility index (Phi) is 7.20. The van der Waals surface area contributed by atoms with Crippen molar-refractivity contribution in [2.75, 3.05) is 7.11 Å². The van der Waals surface area contributed by atoms with Gasteiger partial charge in [-0.3, -0.25) is 0 Å². The molecule has 1 aliphatic carbocycles. The second-order valence-corrected chi connectivity index (χ2v) is 7.99. The molecule has 5 heteroatoms. The Hall–Kier alpha value is -2.04. The molecule has 0 radical (unpaired) electrons. The minimum atomic E-state index is -1.25. The third-order valence-corrected chi connectivity index (χ3v) is 6.17. The number of ether oxygens (including phenoxy) is 1. The van der Waals surface area contributed by atoms with Crippen molar-refractivity contribution in [2.24, 2.45) is 5.92 Å². The zero-order valence-corrected chi connectivity index (χ0v) is 17.0. The van der Waals surface area contributed by atoms with E-state index in [-0.39, 0.29) is 22.8 Å². The first-order chi connectivity index (χ1) is 14.0. The zero-order valence-electron chi connectivity index (χ0n) is 17.0. The predicted molar refractivity (Wildman–Crippen MR) is 107 cm³/mol. The van der Waals surface area contributed by atoms with Gasteiger partial charge in [0.25, 0.3) is 0 Å². The smallest absolute Gasteiger partial charge is 0.201 e. The van der Waals surface area contributed by atoms with E-state index in [0.717, 1.165) is 25.7 Å². The normalized spacial score (nSPS) is 19.4. The van der Waals surface area contributed by atoms with Gasteiger partial charge in [-0.1, -0.05) is 44.7 Å². The van der Waals surface area contributed by atoms with Crippen LogP contribution in [0, 0.1) is 29.2 Å². The maximum Gasteiger partial charge on any atom is 0.201 e. The zero-order chi connectivity index (χ0) is 21.0. The first kappa shape index (κ1) is 21.7. The van der Waals surface area contributed by atoms with Crippen molar-refractivity contribution in [2.45, 2.75) is 64.2 Å². The van der Waals surface area contributed by atoms with E-state index in [0.29, 0.717) is 11.5 Å². The molecule has 0 N–H and O–H groups in total. The molecule has 0 heterocycles. The molecule has 158 valence electrons. The highest BCUT2D eigenvalue weighted by atomic mass is 19.2. The number of hydrogen-bond acceptors (Lipinski definition) is 1. The number of unbranched alkanes of at least 4 members (excludes halogenated alkanes) is 2. The summed E-state index contributed by atoms with van der Waals surface area (Å²) in [5, 5.41) is 0. The lowest BCUT2D eigenvalue weighted by atomic mass is 9.76. The second kappa shape index (κ2) is 9.64. The molecule has 0 aromatic heterocycles. The molecule has 2 aromatic carbocycles. The highest BCUT2D eigenvalue weighted by Gasteiger charge is 2.27. The molecular formula is C24H28F4O. The molecule has 0 spiro atoms. The third kappa shape index (κ3) is 4.59. The van der Waals surface area contributed by atoms with E-state index in [2.05, 4.69) is 6.92 Å². The van der Waals surface area contributed by atoms with Crippen LogP contribution < -0.4 is 4.74 Å². The van der Waals surface area contributed by atoms with E-state index in [1.807, 2.05) is 0 Å². The van der Waals surface area contributed by atoms with Crippen LogP contribution in [0.4, 0.5) is 17.6 Å². The van der Waals surface area contributed by atoms with Gasteiger partial charge in [-0.2, -0.15) is 4.39 Å². The van der Waals surface area contributed by atoms with E-state index in [4.69, 9.17) is 4.74 Å². The van der Waals surface area contributed by atoms with Crippen LogP contribution in [0.1, 0.15) is 69.8 Å². The van der Waals surface area contributed by atoms with Gasteiger partial charge < -0.3 is 4.74 Å². The summed E-state index contributed by atoms with van der Waals surface area (Å²) < 4.78 is 62.7. The molecule has 1 fully saturated rings. The van der Waals surface area contributed by atoms with Crippen molar-refractivity contribution in [3.05, 3.63) is 53.1 Å². The average molecular weight is 408 g/mol. The Bertz CT molecular complexity index is 841. The number of methoxy groups -OCH3 is 1. The highest BCUT2D eigenvalue weighted by Crippen LogP contribution is 2.41. The fourth-order valence-electron chi connectivity index (χ4n) is 4.43. The Balaban J connectivity index is 1.78. The van der Waals surface area contributed by atoms with Gasteiger partial charge >= 0.3 is 0 Å². The Morgan fingerprint density at radius 3 is 2.03 bits per heavy atom. The minimum Gasteiger partial charge on any atom is -0.494 e. The number of benzene rings is 2. The van der Waals surface area contributed by atoms with E-state index < -0.39 is 23.3 Å². The molecule has 1 saturated carbocycles. The first-order valence-corrected chi connectivity index (χ1v) is 10.5. The summed E-state index contributed by atoms with van der Waals surface area (Å²) in [4.78, 5) is 0. The van der Waals surface area contributed by atoms with Gasteiger partial charge in [-0.25, -0.2) is 13.2 Å². The number of rotatable bonds is 7. The molecule has 1 aliphatic rings. The maximum atomic E-state index is 14.8. The largest absolute Gasteiger partial charge is 0.494 e. The van der Waals surface area contributed by atoms with Crippen molar-refractivity contribution < 1.29 is 22.3 Å². The Morgan fingerprint density at radius 2 is 1.41 bits per heavy atom. The Morgan fingerprint density at radius 1 is 0.793 bits per heavy atom. The van der Waals surface area contributed by atoms with Crippen LogP contribution in [-0.2, 0) is 0 Å². The lowest BCUT2D eigenvalue weighted by Gasteiger charge is -2.29. The molecule has 29 heavy (non-hydrogen) atoms. The summed E-state index contributed by atoms with van der Waals surface area (Å²) in [5.74, 6) is -4.18. The van der Waals surface area contributed by atoms with Gasteiger partial charge in [0.15, 0.2) is 23.2 Å². The summed E-state index contributed by atoms with van der Waals surface area (Å²) in [7, 11) is 1.21. The molecular weight excluding hydrogens is 380 g/mol. The lowest BCUT2D eigenvalue weighted by molar-refractivity contribution is 0.298. The first-order valence-electron chi connectivity index (χ1n) is 10.5. The number of halogens is 4. The van der Waals surface area contributed by atoms with Crippen molar-refractivity contribution in [1.82, 2.24) is 0 Å². The third-order valence-electron chi connectivity index (χ3n) is 6.17. The molecule has 3 rings (SSSR count). The molecule has 2 aromatic rings. The van der Waals surface area contributed by atoms with Crippen LogP contribution in [-0.4, -0.2) is 7.11 Å². The van der Waals surface area contributed by atoms with Crippen molar-refractivity contribution in [3.8, 4) is 16.9 Å². The molecule has 0 saturated heterocycles. The molecule has 0 bridgehead atoms. The van der Waals surface area contributed by atoms with Gasteiger partial charge in [0.1, 0.15) is 0 Å². The summed E-state index contributed by atoms with van der Waals surface area (Å²) in [6.07, 6.45) is 8.59. The van der Waals surface area contributed by atoms with Gasteiger partial charge in [0, 0.05) is 11.1 Å². The van der Waals surface area contributed by atoms with Crippen LogP contribution in [0.15, 0.2) is 24.3 Å². The van der Waals surface area contributed by atoms with Crippen molar-refractivity contribution in [3.63, 3.8) is 0 Å². The van der Waals surface area contributed by atoms with E-state index >= 15 is 0 Å². The van der Waals surface area contributed by atoms with Gasteiger partial charge in [0.2, 0.25) is 5.82 Å². The van der Waals surface area contributed by atoms with E-state index in [1.54, 1.807) is 0 Å². The second-order valence-electron chi connectivity index (χ2n) is 7.99. The number of hydrogen-bond donors (Lipinski definition) is 0. The molecule has 0 atom stereocenters. The van der Waals surface area contributed by atoms with Crippen LogP contribution >= 0.6 is 0 Å². The fraction of sp³-hybridized carbons (Fsp3) is 0.500. The van der Waals surface area contributed by atoms with E-state index in [1.165, 1.54) is 57.1 Å². The molecule has 0 unspecified atom stereocenters. The summed E-state index contributed by atoms with van der Waals surface area (Å²) in [6, 6.07) is 5.29. The Labute approximate surface area is 170 Å². The van der Waals surface area contributed by atoms with Gasteiger partial charge in [-0.15, -0.1) is 0 Å². The van der Waals surface area contributed by atoms with Gasteiger partial charge in [-0.05, 0) is 55.2 Å². The topological polar surface area (TPSA) is 9.23 Å². The SMILES string of the molecule is CCCCCC1CCC(c2ccc(-c3ccc(OC)c(F)c3F)c(F)c2F)CC1. The van der Waals surface area contributed by atoms with Crippen molar-refractivity contribution in [1.29, 1.82) is 0 Å². The van der Waals surface area contributed by atoms with Crippen LogP contribution in [0.5, 0.6) is 5.75 Å². The average Bonchev–Trinajstić information content (AvgIpc) is 2.73. The van der Waals surface area contributed by atoms with Crippen LogP contribution in [0.3, 0.4) is 0 Å². The lowest BCUT2D eigenvalue weighted by Crippen LogP contribution is -2.15. The fourth-order valence-corrected chi connectivity index (χ4v) is 4.43. The summed E-state index contributed by atoms with van der Waals surface area (Å²) in [6.45, 7) is 2.18. The maximum absolute atomic E-state index is 14.8. The van der Waals surface area contributed by atoms with Gasteiger partial charge in [0.05, 0.1) is 7.11 Å². The molecule has 0 aliphatic heterocycles. The summed E-state index contributed by atoms with van der Waals surface area (Å²) >= 11 is 0. The highest BCUT2D eigenvalue weighted by molar-refractivity contribution is 5.66. The molecule has 0 amide bonds. The van der Waals surface area contributed by atoms with Crippen molar-refractivity contribution >= 4 is 0 Å². The van der Waals surface area contributed by atoms with E-state index in [9.17, 15) is 17.6 Å². The molecule has 1 nitrogen and oxygen atoms in total. The summed E-state index contributed by atoms with van der Waals surface area (Å²) in [5.41, 5.74) is -0.253. The predicted octanol–water partition coefficient (Wildman–Crippen LogP) is 7.77. The van der Waals surface area contributed by atoms with Crippen LogP contribution in [0.2, 0.25) is 0 Å². The quantitative estimate of drug-likeness (QED) is 0.336. The monoisotopic (exact) mass is 408 g/mol. The standard InChI is InChI=1S/C24H28F4O/c1-3-4-5-6-15-7-9-16(10-8-15)17-11-12-18(22(26)21(17)25)19-13-14-20(29-2)24(28)23(19)27/h11-16H,3-10H2,1-2H3. The van der Waals surface area contributed by atoms with Crippen LogP contribution in [0.25, 0.3) is 11.1 Å². The minimum absolute atomic E-state index is 0.0292.